The van der Waals surface area contributed by atoms with Crippen LogP contribution >= 0.6 is 0 Å². The zero-order valence-corrected chi connectivity index (χ0v) is 15.1. The van der Waals surface area contributed by atoms with Gasteiger partial charge in [0.15, 0.2) is 0 Å². The minimum Gasteiger partial charge on any atom is -0.368 e. The van der Waals surface area contributed by atoms with Gasteiger partial charge in [0.1, 0.15) is 5.82 Å². The van der Waals surface area contributed by atoms with Crippen LogP contribution in [-0.4, -0.2) is 48.6 Å². The second-order valence-corrected chi connectivity index (χ2v) is 6.81. The van der Waals surface area contributed by atoms with E-state index in [0.717, 1.165) is 50.4 Å². The van der Waals surface area contributed by atoms with E-state index >= 15 is 0 Å². The van der Waals surface area contributed by atoms with Crippen LogP contribution in [0.2, 0.25) is 0 Å². The van der Waals surface area contributed by atoms with Crippen molar-refractivity contribution in [3.05, 3.63) is 47.2 Å². The molecule has 0 saturated carbocycles. The van der Waals surface area contributed by atoms with E-state index in [9.17, 15) is 0 Å². The van der Waals surface area contributed by atoms with Gasteiger partial charge in [0.25, 0.3) is 0 Å². The summed E-state index contributed by atoms with van der Waals surface area (Å²) in [6.45, 7) is 2.88. The van der Waals surface area contributed by atoms with Gasteiger partial charge in [-0.15, -0.1) is 0 Å². The van der Waals surface area contributed by atoms with Crippen molar-refractivity contribution < 1.29 is 0 Å². The number of anilines is 2. The molecule has 0 unspecified atom stereocenters. The van der Waals surface area contributed by atoms with Crippen molar-refractivity contribution in [1.29, 1.82) is 0 Å². The van der Waals surface area contributed by atoms with Crippen LogP contribution in [0.4, 0.5) is 11.8 Å². The molecular weight excluding hydrogens is 312 g/mol. The smallest absolute Gasteiger partial charge is 0.222 e. The highest BCUT2D eigenvalue weighted by Crippen LogP contribution is 2.27. The van der Waals surface area contributed by atoms with Crippen LogP contribution in [0.25, 0.3) is 0 Å². The largest absolute Gasteiger partial charge is 0.368 e. The van der Waals surface area contributed by atoms with Crippen molar-refractivity contribution in [1.82, 2.24) is 20.2 Å². The summed E-state index contributed by atoms with van der Waals surface area (Å²) in [6, 6.07) is 10.7. The third-order valence-corrected chi connectivity index (χ3v) is 4.58. The van der Waals surface area contributed by atoms with E-state index in [1.54, 1.807) is 0 Å². The first kappa shape index (κ1) is 17.6. The SMILES string of the molecule is CN(C)CC[C@@H](Nc1nc(N)nc2c1CCNCC2)c1ccccc1. The molecule has 3 rings (SSSR count). The second kappa shape index (κ2) is 8.27. The van der Waals surface area contributed by atoms with E-state index in [-0.39, 0.29) is 6.04 Å². The maximum absolute atomic E-state index is 5.98. The van der Waals surface area contributed by atoms with Gasteiger partial charge in [-0.3, -0.25) is 0 Å². The number of nitrogens with one attached hydrogen (secondary N) is 2. The Labute approximate surface area is 149 Å². The molecule has 0 fully saturated rings. The number of aromatic nitrogens is 2. The van der Waals surface area contributed by atoms with E-state index in [0.29, 0.717) is 5.95 Å². The van der Waals surface area contributed by atoms with Crippen LogP contribution in [0.1, 0.15) is 29.3 Å². The van der Waals surface area contributed by atoms with Gasteiger partial charge in [0.2, 0.25) is 5.95 Å². The summed E-state index contributed by atoms with van der Waals surface area (Å²) in [4.78, 5) is 11.2. The van der Waals surface area contributed by atoms with Gasteiger partial charge < -0.3 is 21.3 Å². The third kappa shape index (κ3) is 4.67. The van der Waals surface area contributed by atoms with E-state index in [1.807, 2.05) is 6.07 Å². The van der Waals surface area contributed by atoms with E-state index in [4.69, 9.17) is 5.73 Å². The first-order valence-electron chi connectivity index (χ1n) is 8.95. The standard InChI is InChI=1S/C19H28N6/c1-25(2)13-10-16(14-6-4-3-5-7-14)22-18-15-8-11-21-12-9-17(15)23-19(20)24-18/h3-7,16,21H,8-13H2,1-2H3,(H3,20,22,23,24)/t16-/m1/s1. The molecule has 0 radical (unpaired) electrons. The molecule has 1 atom stereocenters. The topological polar surface area (TPSA) is 79.1 Å². The van der Waals surface area contributed by atoms with Gasteiger partial charge in [-0.05, 0) is 45.6 Å². The number of nitrogens with two attached hydrogens (primary N) is 1. The number of rotatable bonds is 6. The van der Waals surface area contributed by atoms with Crippen molar-refractivity contribution in [3.8, 4) is 0 Å². The maximum Gasteiger partial charge on any atom is 0.222 e. The number of nitrogens with zero attached hydrogens (tertiary/aromatic N) is 3. The molecule has 6 heteroatoms. The minimum atomic E-state index is 0.193. The summed E-state index contributed by atoms with van der Waals surface area (Å²) in [5.41, 5.74) is 9.51. The fourth-order valence-corrected chi connectivity index (χ4v) is 3.24. The fraction of sp³-hybridized carbons (Fsp3) is 0.474. The first-order chi connectivity index (χ1) is 12.1. The van der Waals surface area contributed by atoms with Gasteiger partial charge in [-0.25, -0.2) is 4.98 Å². The summed E-state index contributed by atoms with van der Waals surface area (Å²) in [5, 5.41) is 7.08. The summed E-state index contributed by atoms with van der Waals surface area (Å²) in [5.74, 6) is 1.24. The Morgan fingerprint density at radius 2 is 1.92 bits per heavy atom. The highest BCUT2D eigenvalue weighted by Gasteiger charge is 2.19. The van der Waals surface area contributed by atoms with Gasteiger partial charge in [0.05, 0.1) is 11.7 Å². The molecule has 6 nitrogen and oxygen atoms in total. The number of nitrogen functional groups attached to an aromatic ring is 1. The Bertz CT molecular complexity index is 686. The Balaban J connectivity index is 1.90. The lowest BCUT2D eigenvalue weighted by Crippen LogP contribution is -2.22. The van der Waals surface area contributed by atoms with Crippen LogP contribution in [0, 0.1) is 0 Å². The molecule has 1 aromatic heterocycles. The Hall–Kier alpha value is -2.18. The fourth-order valence-electron chi connectivity index (χ4n) is 3.24. The number of fused-ring (bicyclic) bond motifs is 1. The monoisotopic (exact) mass is 340 g/mol. The van der Waals surface area contributed by atoms with E-state index < -0.39 is 0 Å². The van der Waals surface area contributed by atoms with Crippen LogP contribution in [0.3, 0.4) is 0 Å². The molecule has 1 aromatic carbocycles. The Kier molecular flexibility index (Phi) is 5.83. The quantitative estimate of drug-likeness (QED) is 0.745. The normalized spacial score (nSPS) is 15.5. The average molecular weight is 340 g/mol. The zero-order valence-electron chi connectivity index (χ0n) is 15.1. The molecule has 25 heavy (non-hydrogen) atoms. The minimum absolute atomic E-state index is 0.193. The van der Waals surface area contributed by atoms with Crippen LogP contribution < -0.4 is 16.4 Å². The van der Waals surface area contributed by atoms with Crippen LogP contribution in [0.15, 0.2) is 30.3 Å². The van der Waals surface area contributed by atoms with Gasteiger partial charge in [-0.1, -0.05) is 30.3 Å². The zero-order chi connectivity index (χ0) is 17.6. The van der Waals surface area contributed by atoms with E-state index in [1.165, 1.54) is 11.1 Å². The summed E-state index contributed by atoms with van der Waals surface area (Å²) >= 11 is 0. The van der Waals surface area contributed by atoms with Crippen LogP contribution in [-0.2, 0) is 12.8 Å². The lowest BCUT2D eigenvalue weighted by molar-refractivity contribution is 0.387. The molecule has 0 bridgehead atoms. The molecule has 0 spiro atoms. The van der Waals surface area contributed by atoms with Gasteiger partial charge in [-0.2, -0.15) is 4.98 Å². The van der Waals surface area contributed by atoms with Crippen molar-refractivity contribution >= 4 is 11.8 Å². The number of benzene rings is 1. The summed E-state index contributed by atoms with van der Waals surface area (Å²) < 4.78 is 0. The average Bonchev–Trinajstić information content (AvgIpc) is 2.84. The predicted octanol–water partition coefficient (Wildman–Crippen LogP) is 1.85. The Morgan fingerprint density at radius 3 is 2.68 bits per heavy atom. The molecule has 0 saturated heterocycles. The molecule has 1 aliphatic rings. The molecule has 134 valence electrons. The van der Waals surface area contributed by atoms with Gasteiger partial charge >= 0.3 is 0 Å². The molecule has 2 aromatic rings. The lowest BCUT2D eigenvalue weighted by Gasteiger charge is -2.23. The van der Waals surface area contributed by atoms with Crippen molar-refractivity contribution in [2.75, 3.05) is 44.8 Å². The number of hydrogen-bond acceptors (Lipinski definition) is 6. The van der Waals surface area contributed by atoms with Crippen molar-refractivity contribution in [2.45, 2.75) is 25.3 Å². The van der Waals surface area contributed by atoms with Crippen molar-refractivity contribution in [2.24, 2.45) is 0 Å². The molecule has 4 N–H and O–H groups in total. The second-order valence-electron chi connectivity index (χ2n) is 6.81. The lowest BCUT2D eigenvalue weighted by atomic mass is 10.0. The number of hydrogen-bond donors (Lipinski definition) is 3. The molecule has 1 aliphatic heterocycles. The predicted molar refractivity (Wildman–Crippen MR) is 103 cm³/mol. The molecule has 0 amide bonds. The Morgan fingerprint density at radius 1 is 1.16 bits per heavy atom. The summed E-state index contributed by atoms with van der Waals surface area (Å²) in [6.07, 6.45) is 2.81. The third-order valence-electron chi connectivity index (χ3n) is 4.58. The molecular formula is C19H28N6. The highest BCUT2D eigenvalue weighted by molar-refractivity contribution is 5.52. The highest BCUT2D eigenvalue weighted by atomic mass is 15.1. The molecule has 2 heterocycles. The van der Waals surface area contributed by atoms with Crippen molar-refractivity contribution in [3.63, 3.8) is 0 Å². The maximum atomic E-state index is 5.98. The first-order valence-corrected chi connectivity index (χ1v) is 8.95. The van der Waals surface area contributed by atoms with E-state index in [2.05, 4.69) is 63.9 Å². The van der Waals surface area contributed by atoms with Crippen LogP contribution in [0.5, 0.6) is 0 Å². The van der Waals surface area contributed by atoms with Gasteiger partial charge in [0, 0.05) is 18.5 Å². The molecule has 0 aliphatic carbocycles. The summed E-state index contributed by atoms with van der Waals surface area (Å²) in [7, 11) is 4.20.